The van der Waals surface area contributed by atoms with Gasteiger partial charge in [-0.2, -0.15) is 0 Å². The van der Waals surface area contributed by atoms with Crippen molar-refractivity contribution < 1.29 is 4.79 Å². The van der Waals surface area contributed by atoms with Gasteiger partial charge in [-0.05, 0) is 48.7 Å². The molecule has 0 atom stereocenters. The van der Waals surface area contributed by atoms with Crippen LogP contribution < -0.4 is 10.6 Å². The van der Waals surface area contributed by atoms with Gasteiger partial charge in [0.05, 0.1) is 0 Å². The van der Waals surface area contributed by atoms with Crippen LogP contribution in [0.1, 0.15) is 27.2 Å². The molecule has 0 aliphatic carbocycles. The number of carbonyl (C=O) groups is 1. The first-order chi connectivity index (χ1) is 12.1. The summed E-state index contributed by atoms with van der Waals surface area (Å²) in [6, 6.07) is 11.3. The number of aryl methyl sites for hydroxylation is 2. The van der Waals surface area contributed by atoms with Crippen molar-refractivity contribution in [2.45, 2.75) is 20.4 Å². The Bertz CT molecular complexity index is 860. The third-order valence-corrected chi connectivity index (χ3v) is 3.81. The molecular formula is C19H19N5O. The average Bonchev–Trinajstić information content (AvgIpc) is 2.64. The molecule has 0 saturated heterocycles. The van der Waals surface area contributed by atoms with Crippen molar-refractivity contribution >= 4 is 17.5 Å². The van der Waals surface area contributed by atoms with Crippen LogP contribution in [0.5, 0.6) is 0 Å². The molecule has 3 aromatic rings. The molecule has 0 saturated carbocycles. The summed E-state index contributed by atoms with van der Waals surface area (Å²) in [5.74, 6) is 0.151. The minimum atomic E-state index is -0.258. The average molecular weight is 333 g/mol. The molecule has 0 radical (unpaired) electrons. The Balaban J connectivity index is 1.71. The fraction of sp³-hybridized carbons (Fsp3) is 0.158. The van der Waals surface area contributed by atoms with Crippen molar-refractivity contribution in [1.29, 1.82) is 0 Å². The van der Waals surface area contributed by atoms with E-state index in [0.29, 0.717) is 18.2 Å². The molecule has 0 unspecified atom stereocenters. The molecule has 1 amide bonds. The lowest BCUT2D eigenvalue weighted by Gasteiger charge is -2.11. The van der Waals surface area contributed by atoms with Crippen LogP contribution in [0.25, 0.3) is 0 Å². The summed E-state index contributed by atoms with van der Waals surface area (Å²) < 4.78 is 0. The number of benzene rings is 1. The van der Waals surface area contributed by atoms with E-state index in [-0.39, 0.29) is 5.91 Å². The van der Waals surface area contributed by atoms with Crippen LogP contribution in [-0.2, 0) is 6.54 Å². The maximum Gasteiger partial charge on any atom is 0.274 e. The molecule has 6 nitrogen and oxygen atoms in total. The second-order valence-corrected chi connectivity index (χ2v) is 5.70. The van der Waals surface area contributed by atoms with Gasteiger partial charge in [0.25, 0.3) is 5.91 Å². The van der Waals surface area contributed by atoms with Gasteiger partial charge >= 0.3 is 0 Å². The number of para-hydroxylation sites is 1. The quantitative estimate of drug-likeness (QED) is 0.748. The van der Waals surface area contributed by atoms with E-state index in [1.807, 2.05) is 44.2 Å². The summed E-state index contributed by atoms with van der Waals surface area (Å²) in [5, 5.41) is 6.04. The maximum atomic E-state index is 12.5. The first-order valence-corrected chi connectivity index (χ1v) is 7.97. The van der Waals surface area contributed by atoms with E-state index < -0.39 is 0 Å². The van der Waals surface area contributed by atoms with Crippen molar-refractivity contribution in [2.24, 2.45) is 0 Å². The van der Waals surface area contributed by atoms with E-state index in [1.54, 1.807) is 24.7 Å². The fourth-order valence-electron chi connectivity index (χ4n) is 2.44. The number of amides is 1. The Morgan fingerprint density at radius 3 is 2.44 bits per heavy atom. The zero-order valence-corrected chi connectivity index (χ0v) is 14.2. The molecule has 1 aromatic carbocycles. The molecule has 0 bridgehead atoms. The number of pyridine rings is 1. The topological polar surface area (TPSA) is 79.8 Å². The summed E-state index contributed by atoms with van der Waals surface area (Å²) in [5.41, 5.74) is 4.22. The van der Waals surface area contributed by atoms with Crippen molar-refractivity contribution in [2.75, 3.05) is 10.6 Å². The standard InChI is InChI=1S/C19H19N5O/c1-13-4-3-5-14(2)17(13)24-18(25)16-8-11-21-19(23-16)22-12-15-6-9-20-10-7-15/h3-11H,12H2,1-2H3,(H,24,25)(H,21,22,23). The molecule has 25 heavy (non-hydrogen) atoms. The van der Waals surface area contributed by atoms with Crippen LogP contribution in [0.15, 0.2) is 55.0 Å². The van der Waals surface area contributed by atoms with E-state index in [4.69, 9.17) is 0 Å². The second-order valence-electron chi connectivity index (χ2n) is 5.70. The first kappa shape index (κ1) is 16.6. The molecule has 0 fully saturated rings. The molecule has 3 rings (SSSR count). The number of rotatable bonds is 5. The highest BCUT2D eigenvalue weighted by molar-refractivity contribution is 6.03. The molecule has 2 N–H and O–H groups in total. The zero-order chi connectivity index (χ0) is 17.6. The Morgan fingerprint density at radius 1 is 1.00 bits per heavy atom. The van der Waals surface area contributed by atoms with Crippen LogP contribution in [0.3, 0.4) is 0 Å². The van der Waals surface area contributed by atoms with Gasteiger partial charge in [-0.1, -0.05) is 18.2 Å². The predicted octanol–water partition coefficient (Wildman–Crippen LogP) is 3.35. The SMILES string of the molecule is Cc1cccc(C)c1NC(=O)c1ccnc(NCc2ccncc2)n1. The maximum absolute atomic E-state index is 12.5. The summed E-state index contributed by atoms with van der Waals surface area (Å²) in [6.45, 7) is 4.49. The molecule has 0 aliphatic heterocycles. The second kappa shape index (κ2) is 7.53. The number of hydrogen-bond acceptors (Lipinski definition) is 5. The molecule has 2 aromatic heterocycles. The largest absolute Gasteiger partial charge is 0.350 e. The third kappa shape index (κ3) is 4.17. The van der Waals surface area contributed by atoms with E-state index in [1.165, 1.54) is 0 Å². The molecule has 6 heteroatoms. The number of nitrogens with one attached hydrogen (secondary N) is 2. The minimum Gasteiger partial charge on any atom is -0.350 e. The lowest BCUT2D eigenvalue weighted by Crippen LogP contribution is -2.16. The molecule has 126 valence electrons. The number of carbonyl (C=O) groups excluding carboxylic acids is 1. The normalized spacial score (nSPS) is 10.3. The summed E-state index contributed by atoms with van der Waals surface area (Å²) >= 11 is 0. The first-order valence-electron chi connectivity index (χ1n) is 7.97. The van der Waals surface area contributed by atoms with Crippen molar-refractivity contribution in [3.05, 3.63) is 77.4 Å². The van der Waals surface area contributed by atoms with E-state index in [2.05, 4.69) is 25.6 Å². The number of aromatic nitrogens is 3. The van der Waals surface area contributed by atoms with Crippen molar-refractivity contribution in [3.8, 4) is 0 Å². The number of anilines is 2. The van der Waals surface area contributed by atoms with Gasteiger partial charge in [0.1, 0.15) is 5.69 Å². The minimum absolute atomic E-state index is 0.258. The van der Waals surface area contributed by atoms with Gasteiger partial charge in [0, 0.05) is 30.8 Å². The molecule has 2 heterocycles. The van der Waals surface area contributed by atoms with Crippen molar-refractivity contribution in [1.82, 2.24) is 15.0 Å². The van der Waals surface area contributed by atoms with Crippen LogP contribution in [-0.4, -0.2) is 20.9 Å². The molecular weight excluding hydrogens is 314 g/mol. The Hall–Kier alpha value is -3.28. The van der Waals surface area contributed by atoms with Crippen molar-refractivity contribution in [3.63, 3.8) is 0 Å². The van der Waals surface area contributed by atoms with Crippen LogP contribution in [0.2, 0.25) is 0 Å². The lowest BCUT2D eigenvalue weighted by molar-refractivity contribution is 0.102. The zero-order valence-electron chi connectivity index (χ0n) is 14.2. The van der Waals surface area contributed by atoms with Gasteiger partial charge < -0.3 is 10.6 Å². The van der Waals surface area contributed by atoms with E-state index in [0.717, 1.165) is 22.4 Å². The van der Waals surface area contributed by atoms with Gasteiger partial charge in [0.2, 0.25) is 5.95 Å². The lowest BCUT2D eigenvalue weighted by atomic mass is 10.1. The van der Waals surface area contributed by atoms with E-state index >= 15 is 0 Å². The van der Waals surface area contributed by atoms with E-state index in [9.17, 15) is 4.79 Å². The predicted molar refractivity (Wildman–Crippen MR) is 97.5 cm³/mol. The molecule has 0 aliphatic rings. The van der Waals surface area contributed by atoms with Gasteiger partial charge in [-0.3, -0.25) is 9.78 Å². The van der Waals surface area contributed by atoms with Gasteiger partial charge in [-0.25, -0.2) is 9.97 Å². The molecule has 0 spiro atoms. The fourth-order valence-corrected chi connectivity index (χ4v) is 2.44. The van der Waals surface area contributed by atoms with Crippen LogP contribution >= 0.6 is 0 Å². The van der Waals surface area contributed by atoms with Gasteiger partial charge in [-0.15, -0.1) is 0 Å². The Labute approximate surface area is 146 Å². The Morgan fingerprint density at radius 2 is 1.72 bits per heavy atom. The van der Waals surface area contributed by atoms with Crippen LogP contribution in [0.4, 0.5) is 11.6 Å². The van der Waals surface area contributed by atoms with Crippen LogP contribution in [0, 0.1) is 13.8 Å². The highest BCUT2D eigenvalue weighted by Gasteiger charge is 2.12. The summed E-state index contributed by atoms with van der Waals surface area (Å²) in [4.78, 5) is 24.9. The highest BCUT2D eigenvalue weighted by atomic mass is 16.1. The number of nitrogens with zero attached hydrogens (tertiary/aromatic N) is 3. The Kier molecular flexibility index (Phi) is 4.99. The highest BCUT2D eigenvalue weighted by Crippen LogP contribution is 2.20. The smallest absolute Gasteiger partial charge is 0.274 e. The summed E-state index contributed by atoms with van der Waals surface area (Å²) in [6.07, 6.45) is 5.03. The monoisotopic (exact) mass is 333 g/mol. The third-order valence-electron chi connectivity index (χ3n) is 3.81. The van der Waals surface area contributed by atoms with Gasteiger partial charge in [0.15, 0.2) is 0 Å². The number of hydrogen-bond donors (Lipinski definition) is 2. The summed E-state index contributed by atoms with van der Waals surface area (Å²) in [7, 11) is 0.